The summed E-state index contributed by atoms with van der Waals surface area (Å²) in [5, 5.41) is 3.16. The minimum atomic E-state index is -0.502. The van der Waals surface area contributed by atoms with Crippen LogP contribution in [-0.2, 0) is 26.4 Å². The maximum absolute atomic E-state index is 15.3. The van der Waals surface area contributed by atoms with Crippen LogP contribution < -0.4 is 25.4 Å². The maximum atomic E-state index is 15.3. The second-order valence-electron chi connectivity index (χ2n) is 12.2. The molecule has 45 heavy (non-hydrogen) atoms. The van der Waals surface area contributed by atoms with Crippen molar-refractivity contribution >= 4 is 28.8 Å². The van der Waals surface area contributed by atoms with Crippen molar-refractivity contribution in [3.05, 3.63) is 81.9 Å². The SMILES string of the molecule is COc1c(-c2cc(Nc3ccc(N4CCN(C)CC4)cn3)c(=O)n(C)c2)cc(F)cc1N1CCn2c(cc3c2CCCC3)C1=O. The van der Waals surface area contributed by atoms with E-state index in [-0.39, 0.29) is 11.5 Å². The van der Waals surface area contributed by atoms with Gasteiger partial charge in [0.15, 0.2) is 5.75 Å². The molecule has 3 aliphatic rings. The fourth-order valence-electron chi connectivity index (χ4n) is 6.87. The number of hydrogen-bond acceptors (Lipinski definition) is 7. The van der Waals surface area contributed by atoms with Gasteiger partial charge in [0, 0.05) is 75.4 Å². The van der Waals surface area contributed by atoms with E-state index in [1.807, 2.05) is 24.4 Å². The first-order valence-corrected chi connectivity index (χ1v) is 15.6. The van der Waals surface area contributed by atoms with E-state index >= 15 is 4.39 Å². The highest BCUT2D eigenvalue weighted by Crippen LogP contribution is 2.41. The Morgan fingerprint density at radius 1 is 0.933 bits per heavy atom. The van der Waals surface area contributed by atoms with E-state index in [1.54, 1.807) is 24.2 Å². The molecule has 1 fully saturated rings. The number of carbonyl (C=O) groups excluding carboxylic acids is 1. The molecule has 1 aromatic carbocycles. The summed E-state index contributed by atoms with van der Waals surface area (Å²) in [6, 6.07) is 10.3. The van der Waals surface area contributed by atoms with Gasteiger partial charge in [-0.3, -0.25) is 9.59 Å². The van der Waals surface area contributed by atoms with Crippen molar-refractivity contribution in [3.63, 3.8) is 0 Å². The van der Waals surface area contributed by atoms with Crippen molar-refractivity contribution in [2.24, 2.45) is 7.05 Å². The van der Waals surface area contributed by atoms with Gasteiger partial charge in [-0.1, -0.05) is 0 Å². The highest BCUT2D eigenvalue weighted by molar-refractivity contribution is 6.07. The monoisotopic (exact) mass is 611 g/mol. The van der Waals surface area contributed by atoms with Crippen LogP contribution in [0.1, 0.15) is 34.6 Å². The molecule has 4 aromatic rings. The van der Waals surface area contributed by atoms with E-state index in [4.69, 9.17) is 4.74 Å². The number of ether oxygens (including phenoxy) is 1. The van der Waals surface area contributed by atoms with E-state index in [2.05, 4.69) is 31.7 Å². The quantitative estimate of drug-likeness (QED) is 0.345. The number of aryl methyl sites for hydroxylation is 2. The maximum Gasteiger partial charge on any atom is 0.275 e. The standard InChI is InChI=1S/C34H38FN7O3/c1-38-10-12-40(13-11-38)25-8-9-31(36-20-25)37-27-16-23(21-39(2)33(27)43)26-18-24(35)19-29(32(26)45-3)42-15-14-41-28-7-5-4-6-22(28)17-30(41)34(42)44/h8-9,16-21H,4-7,10-15H2,1-3H3,(H,36,37). The van der Waals surface area contributed by atoms with E-state index in [0.717, 1.165) is 57.5 Å². The first-order chi connectivity index (χ1) is 21.8. The van der Waals surface area contributed by atoms with Gasteiger partial charge in [-0.25, -0.2) is 9.37 Å². The van der Waals surface area contributed by atoms with E-state index in [0.29, 0.717) is 52.9 Å². The van der Waals surface area contributed by atoms with Crippen LogP contribution in [0.25, 0.3) is 11.1 Å². The fourth-order valence-corrected chi connectivity index (χ4v) is 6.87. The molecule has 3 aromatic heterocycles. The van der Waals surface area contributed by atoms with Gasteiger partial charge in [0.1, 0.15) is 23.0 Å². The Hall–Kier alpha value is -4.64. The van der Waals surface area contributed by atoms with Crippen molar-refractivity contribution in [2.45, 2.75) is 32.2 Å². The van der Waals surface area contributed by atoms with E-state index in [9.17, 15) is 9.59 Å². The van der Waals surface area contributed by atoms with Crippen LogP contribution in [-0.4, -0.2) is 71.8 Å². The first-order valence-electron chi connectivity index (χ1n) is 15.6. The molecule has 10 nitrogen and oxygen atoms in total. The van der Waals surface area contributed by atoms with Crippen LogP contribution in [0.4, 0.5) is 27.3 Å². The topological polar surface area (TPSA) is 87.9 Å². The largest absolute Gasteiger partial charge is 0.494 e. The number of hydrogen-bond donors (Lipinski definition) is 1. The molecular formula is C34H38FN7O3. The lowest BCUT2D eigenvalue weighted by Gasteiger charge is -2.33. The number of anilines is 4. The summed E-state index contributed by atoms with van der Waals surface area (Å²) >= 11 is 0. The van der Waals surface area contributed by atoms with Crippen molar-refractivity contribution in [3.8, 4) is 16.9 Å². The number of methoxy groups -OCH3 is 1. The molecule has 7 rings (SSSR count). The number of amides is 1. The smallest absolute Gasteiger partial charge is 0.275 e. The van der Waals surface area contributed by atoms with Gasteiger partial charge in [0.05, 0.1) is 24.7 Å². The number of nitrogens with zero attached hydrogens (tertiary/aromatic N) is 6. The normalized spacial score (nSPS) is 16.8. The molecule has 0 radical (unpaired) electrons. The van der Waals surface area contributed by atoms with Crippen molar-refractivity contribution in [2.75, 3.05) is 62.0 Å². The number of benzene rings is 1. The molecule has 234 valence electrons. The highest BCUT2D eigenvalue weighted by atomic mass is 19.1. The van der Waals surface area contributed by atoms with Gasteiger partial charge in [-0.15, -0.1) is 0 Å². The zero-order chi connectivity index (χ0) is 31.2. The van der Waals surface area contributed by atoms with Gasteiger partial charge < -0.3 is 33.9 Å². The predicted molar refractivity (Wildman–Crippen MR) is 174 cm³/mol. The molecule has 0 bridgehead atoms. The predicted octanol–water partition coefficient (Wildman–Crippen LogP) is 4.43. The van der Waals surface area contributed by atoms with Crippen LogP contribution in [0.5, 0.6) is 5.75 Å². The van der Waals surface area contributed by atoms with Crippen LogP contribution in [0, 0.1) is 5.82 Å². The Labute approximate surface area is 261 Å². The zero-order valence-electron chi connectivity index (χ0n) is 26.0. The number of carbonyl (C=O) groups is 1. The van der Waals surface area contributed by atoms with Gasteiger partial charge in [0.25, 0.3) is 11.5 Å². The Morgan fingerprint density at radius 2 is 1.73 bits per heavy atom. The average Bonchev–Trinajstić information content (AvgIpc) is 3.43. The van der Waals surface area contributed by atoms with Crippen molar-refractivity contribution in [1.82, 2.24) is 19.0 Å². The third-order valence-electron chi connectivity index (χ3n) is 9.32. The molecule has 0 spiro atoms. The first kappa shape index (κ1) is 29.1. The summed E-state index contributed by atoms with van der Waals surface area (Å²) < 4.78 is 24.8. The summed E-state index contributed by atoms with van der Waals surface area (Å²) in [7, 11) is 5.29. The highest BCUT2D eigenvalue weighted by Gasteiger charge is 2.32. The number of halogens is 1. The van der Waals surface area contributed by atoms with Crippen molar-refractivity contribution in [1.29, 1.82) is 0 Å². The molecule has 1 N–H and O–H groups in total. The summed E-state index contributed by atoms with van der Waals surface area (Å²) in [6.07, 6.45) is 7.68. The van der Waals surface area contributed by atoms with Crippen molar-refractivity contribution < 1.29 is 13.9 Å². The summed E-state index contributed by atoms with van der Waals surface area (Å²) in [5.41, 5.74) is 5.58. The second kappa shape index (κ2) is 11.7. The summed E-state index contributed by atoms with van der Waals surface area (Å²) in [4.78, 5) is 37.8. The van der Waals surface area contributed by atoms with Crippen LogP contribution in [0.2, 0.25) is 0 Å². The number of nitrogens with one attached hydrogen (secondary N) is 1. The number of fused-ring (bicyclic) bond motifs is 3. The molecule has 11 heteroatoms. The lowest BCUT2D eigenvalue weighted by atomic mass is 9.98. The van der Waals surface area contributed by atoms with Crippen LogP contribution in [0.15, 0.2) is 53.6 Å². The zero-order valence-corrected chi connectivity index (χ0v) is 26.0. The van der Waals surface area contributed by atoms with Crippen LogP contribution in [0.3, 0.4) is 0 Å². The lowest BCUT2D eigenvalue weighted by Crippen LogP contribution is -2.44. The molecule has 2 aliphatic heterocycles. The molecule has 0 saturated carbocycles. The van der Waals surface area contributed by atoms with E-state index in [1.165, 1.54) is 35.1 Å². The molecule has 1 aliphatic carbocycles. The second-order valence-corrected chi connectivity index (χ2v) is 12.2. The number of rotatable bonds is 6. The Morgan fingerprint density at radius 3 is 2.49 bits per heavy atom. The Kier molecular flexibility index (Phi) is 7.56. The van der Waals surface area contributed by atoms with Gasteiger partial charge >= 0.3 is 0 Å². The van der Waals surface area contributed by atoms with Crippen LogP contribution >= 0.6 is 0 Å². The molecule has 1 amide bonds. The molecule has 1 saturated heterocycles. The summed E-state index contributed by atoms with van der Waals surface area (Å²) in [6.45, 7) is 4.90. The Balaban J connectivity index is 1.20. The summed E-state index contributed by atoms with van der Waals surface area (Å²) in [5.74, 6) is 0.227. The number of piperazine rings is 1. The minimum Gasteiger partial charge on any atom is -0.494 e. The lowest BCUT2D eigenvalue weighted by molar-refractivity contribution is 0.0964. The number of aromatic nitrogens is 3. The molecule has 5 heterocycles. The number of likely N-dealkylation sites (N-methyl/N-ethyl adjacent to an activating group) is 1. The third kappa shape index (κ3) is 5.35. The minimum absolute atomic E-state index is 0.167. The van der Waals surface area contributed by atoms with Gasteiger partial charge in [-0.05, 0) is 68.6 Å². The number of pyridine rings is 2. The molecule has 0 atom stereocenters. The molecule has 0 unspecified atom stereocenters. The third-order valence-corrected chi connectivity index (χ3v) is 9.32. The average molecular weight is 612 g/mol. The Bertz CT molecular complexity index is 1820. The van der Waals surface area contributed by atoms with Gasteiger partial charge in [0.2, 0.25) is 0 Å². The fraction of sp³-hybridized carbons (Fsp3) is 0.382. The van der Waals surface area contributed by atoms with E-state index < -0.39 is 5.82 Å². The van der Waals surface area contributed by atoms with Gasteiger partial charge in [-0.2, -0.15) is 0 Å². The molecular weight excluding hydrogens is 573 g/mol.